The number of carbonyl (C=O) groups excluding carboxylic acids is 1. The lowest BCUT2D eigenvalue weighted by molar-refractivity contribution is 0.0984. The fourth-order valence-corrected chi connectivity index (χ4v) is 4.05. The van der Waals surface area contributed by atoms with Gasteiger partial charge in [0.1, 0.15) is 5.75 Å². The van der Waals surface area contributed by atoms with E-state index < -0.39 is 0 Å². The van der Waals surface area contributed by atoms with Crippen LogP contribution in [0, 0.1) is 6.92 Å². The van der Waals surface area contributed by atoms with Gasteiger partial charge in [0.2, 0.25) is 0 Å². The van der Waals surface area contributed by atoms with Crippen molar-refractivity contribution in [3.63, 3.8) is 0 Å². The first kappa shape index (κ1) is 24.1. The first-order valence-electron chi connectivity index (χ1n) is 10.0. The number of likely N-dealkylation sites (N-methyl/N-ethyl adjacent to an activating group) is 1. The molecule has 0 saturated carbocycles. The minimum absolute atomic E-state index is 0. The van der Waals surface area contributed by atoms with Gasteiger partial charge < -0.3 is 9.64 Å². The van der Waals surface area contributed by atoms with Crippen LogP contribution < -0.4 is 9.64 Å². The number of unbranched alkanes of at least 4 members (excludes halogenated alkanes) is 1. The molecule has 0 N–H and O–H groups in total. The molecule has 0 spiro atoms. The Labute approximate surface area is 189 Å². The van der Waals surface area contributed by atoms with Gasteiger partial charge in [0.05, 0.1) is 16.8 Å². The number of halogens is 1. The molecule has 0 aliphatic rings. The Balaban J connectivity index is 0.00000320. The van der Waals surface area contributed by atoms with Gasteiger partial charge in [-0.25, -0.2) is 4.98 Å². The zero-order chi connectivity index (χ0) is 20.8. The number of benzene rings is 2. The summed E-state index contributed by atoms with van der Waals surface area (Å²) in [6.07, 6.45) is 2.08. The number of hydrogen-bond acceptors (Lipinski definition) is 5. The minimum Gasteiger partial charge on any atom is -0.494 e. The number of aryl methyl sites for hydroxylation is 1. The zero-order valence-corrected chi connectivity index (χ0v) is 19.7. The van der Waals surface area contributed by atoms with Crippen molar-refractivity contribution < 1.29 is 9.53 Å². The molecular weight excluding hydrogens is 418 g/mol. The number of rotatable bonds is 9. The quantitative estimate of drug-likeness (QED) is 0.411. The van der Waals surface area contributed by atoms with Gasteiger partial charge in [0.25, 0.3) is 5.91 Å². The van der Waals surface area contributed by atoms with Crippen LogP contribution in [0.5, 0.6) is 5.75 Å². The van der Waals surface area contributed by atoms with Gasteiger partial charge in [-0.1, -0.05) is 42.9 Å². The number of nitrogens with zero attached hydrogens (tertiary/aromatic N) is 3. The van der Waals surface area contributed by atoms with Gasteiger partial charge in [-0.15, -0.1) is 12.4 Å². The summed E-state index contributed by atoms with van der Waals surface area (Å²) in [6, 6.07) is 13.6. The average Bonchev–Trinajstić information content (AvgIpc) is 3.13. The van der Waals surface area contributed by atoms with Crippen LogP contribution >= 0.6 is 23.7 Å². The number of anilines is 1. The predicted molar refractivity (Wildman–Crippen MR) is 129 cm³/mol. The molecule has 1 aromatic heterocycles. The van der Waals surface area contributed by atoms with Crippen molar-refractivity contribution >= 4 is 45.0 Å². The van der Waals surface area contributed by atoms with E-state index in [1.807, 2.05) is 44.4 Å². The van der Waals surface area contributed by atoms with Crippen LogP contribution in [-0.2, 0) is 0 Å². The van der Waals surface area contributed by atoms with Crippen LogP contribution in [0.4, 0.5) is 5.13 Å². The molecule has 7 heteroatoms. The second kappa shape index (κ2) is 11.3. The highest BCUT2D eigenvalue weighted by Crippen LogP contribution is 2.31. The van der Waals surface area contributed by atoms with Gasteiger partial charge in [0, 0.05) is 18.7 Å². The molecule has 5 nitrogen and oxygen atoms in total. The summed E-state index contributed by atoms with van der Waals surface area (Å²) in [5.41, 5.74) is 2.71. The van der Waals surface area contributed by atoms with Crippen molar-refractivity contribution in [3.05, 3.63) is 53.6 Å². The second-order valence-electron chi connectivity index (χ2n) is 7.41. The van der Waals surface area contributed by atoms with E-state index >= 15 is 0 Å². The Kier molecular flexibility index (Phi) is 9.08. The number of thiazole rings is 1. The van der Waals surface area contributed by atoms with Crippen molar-refractivity contribution in [1.29, 1.82) is 0 Å². The highest BCUT2D eigenvalue weighted by molar-refractivity contribution is 7.22. The van der Waals surface area contributed by atoms with Crippen LogP contribution in [0.15, 0.2) is 42.5 Å². The minimum atomic E-state index is -0.0514. The molecule has 0 aliphatic carbocycles. The molecule has 1 heterocycles. The van der Waals surface area contributed by atoms with E-state index in [-0.39, 0.29) is 18.3 Å². The molecule has 0 radical (unpaired) electrons. The second-order valence-corrected chi connectivity index (χ2v) is 8.42. The molecule has 30 heavy (non-hydrogen) atoms. The number of aromatic nitrogens is 1. The lowest BCUT2D eigenvalue weighted by Gasteiger charge is -2.22. The molecule has 3 rings (SSSR count). The zero-order valence-electron chi connectivity index (χ0n) is 18.1. The lowest BCUT2D eigenvalue weighted by atomic mass is 10.2. The number of ether oxygens (including phenoxy) is 1. The third-order valence-electron chi connectivity index (χ3n) is 4.70. The Hall–Kier alpha value is -2.15. The Morgan fingerprint density at radius 1 is 1.13 bits per heavy atom. The van der Waals surface area contributed by atoms with Crippen molar-refractivity contribution in [3.8, 4) is 5.75 Å². The SMILES string of the molecule is CCCCOc1cccc(C(=O)N(CCN(C)C)c2nc3c(C)cccc3s2)c1.Cl. The monoisotopic (exact) mass is 447 g/mol. The van der Waals surface area contributed by atoms with Crippen molar-refractivity contribution in [2.75, 3.05) is 38.7 Å². The standard InChI is InChI=1S/C23H29N3O2S.ClH/c1-5-6-15-28-19-11-8-10-18(16-19)22(27)26(14-13-25(3)4)23-24-21-17(2)9-7-12-20(21)29-23;/h7-12,16H,5-6,13-15H2,1-4H3;1H. The Morgan fingerprint density at radius 2 is 1.90 bits per heavy atom. The third-order valence-corrected chi connectivity index (χ3v) is 5.75. The van der Waals surface area contributed by atoms with Crippen LogP contribution in [0.1, 0.15) is 35.7 Å². The van der Waals surface area contributed by atoms with Gasteiger partial charge >= 0.3 is 0 Å². The van der Waals surface area contributed by atoms with Crippen LogP contribution in [0.2, 0.25) is 0 Å². The van der Waals surface area contributed by atoms with E-state index in [9.17, 15) is 4.79 Å². The smallest absolute Gasteiger partial charge is 0.260 e. The van der Waals surface area contributed by atoms with Gasteiger partial charge in [-0.3, -0.25) is 9.69 Å². The fraction of sp³-hybridized carbons (Fsp3) is 0.391. The van der Waals surface area contributed by atoms with E-state index in [2.05, 4.69) is 30.9 Å². The Bertz CT molecular complexity index is 974. The van der Waals surface area contributed by atoms with E-state index in [0.29, 0.717) is 18.7 Å². The largest absolute Gasteiger partial charge is 0.494 e. The normalized spacial score (nSPS) is 10.8. The molecule has 0 unspecified atom stereocenters. The summed E-state index contributed by atoms with van der Waals surface area (Å²) in [7, 11) is 4.01. The van der Waals surface area contributed by atoms with Crippen LogP contribution in [-0.4, -0.2) is 49.6 Å². The molecule has 3 aromatic rings. The number of fused-ring (bicyclic) bond motifs is 1. The summed E-state index contributed by atoms with van der Waals surface area (Å²) in [6.45, 7) is 6.18. The fourth-order valence-electron chi connectivity index (χ4n) is 2.98. The summed E-state index contributed by atoms with van der Waals surface area (Å²) < 4.78 is 6.89. The molecular formula is C23H30ClN3O2S. The number of para-hydroxylation sites is 1. The molecule has 0 bridgehead atoms. The van der Waals surface area contributed by atoms with Gasteiger partial charge in [0.15, 0.2) is 5.13 Å². The third kappa shape index (κ3) is 5.94. The first-order chi connectivity index (χ1) is 14.0. The summed E-state index contributed by atoms with van der Waals surface area (Å²) in [5, 5.41) is 0.735. The van der Waals surface area contributed by atoms with Gasteiger partial charge in [-0.2, -0.15) is 0 Å². The molecule has 0 aliphatic heterocycles. The van der Waals surface area contributed by atoms with E-state index in [0.717, 1.165) is 46.0 Å². The molecule has 0 fully saturated rings. The van der Waals surface area contributed by atoms with Crippen molar-refractivity contribution in [1.82, 2.24) is 9.88 Å². The summed E-state index contributed by atoms with van der Waals surface area (Å²) in [4.78, 5) is 22.1. The predicted octanol–water partition coefficient (Wildman–Crippen LogP) is 5.41. The molecule has 1 amide bonds. The molecule has 2 aromatic carbocycles. The molecule has 0 atom stereocenters. The molecule has 0 saturated heterocycles. The van der Waals surface area contributed by atoms with Crippen LogP contribution in [0.3, 0.4) is 0 Å². The van der Waals surface area contributed by atoms with Crippen molar-refractivity contribution in [2.45, 2.75) is 26.7 Å². The maximum Gasteiger partial charge on any atom is 0.260 e. The maximum absolute atomic E-state index is 13.4. The number of hydrogen-bond donors (Lipinski definition) is 0. The number of amides is 1. The lowest BCUT2D eigenvalue weighted by Crippen LogP contribution is -2.36. The molecule has 162 valence electrons. The number of carbonyl (C=O) groups is 1. The summed E-state index contributed by atoms with van der Waals surface area (Å²) in [5.74, 6) is 0.682. The summed E-state index contributed by atoms with van der Waals surface area (Å²) >= 11 is 1.56. The van der Waals surface area contributed by atoms with E-state index in [1.54, 1.807) is 16.2 Å². The first-order valence-corrected chi connectivity index (χ1v) is 10.9. The van der Waals surface area contributed by atoms with E-state index in [4.69, 9.17) is 9.72 Å². The maximum atomic E-state index is 13.4. The van der Waals surface area contributed by atoms with Crippen molar-refractivity contribution in [2.24, 2.45) is 0 Å². The highest BCUT2D eigenvalue weighted by atomic mass is 35.5. The van der Waals surface area contributed by atoms with Gasteiger partial charge in [-0.05, 0) is 57.3 Å². The average molecular weight is 448 g/mol. The topological polar surface area (TPSA) is 45.7 Å². The van der Waals surface area contributed by atoms with E-state index in [1.165, 1.54) is 0 Å². The Morgan fingerprint density at radius 3 is 2.60 bits per heavy atom. The highest BCUT2D eigenvalue weighted by Gasteiger charge is 2.22. The van der Waals surface area contributed by atoms with Crippen LogP contribution in [0.25, 0.3) is 10.2 Å².